The van der Waals surface area contributed by atoms with Gasteiger partial charge in [-0.1, -0.05) is 42.5 Å². The Kier molecular flexibility index (Phi) is 4.38. The van der Waals surface area contributed by atoms with Crippen molar-refractivity contribution >= 4 is 0 Å². The number of nitrogens with zero attached hydrogens (tertiary/aromatic N) is 1. The van der Waals surface area contributed by atoms with E-state index in [0.717, 1.165) is 12.2 Å². The molecule has 0 N–H and O–H groups in total. The van der Waals surface area contributed by atoms with Gasteiger partial charge in [0.25, 0.3) is 0 Å². The molecular weight excluding hydrogens is 222 g/mol. The largest absolute Gasteiger partial charge is 0.493 e. The van der Waals surface area contributed by atoms with Gasteiger partial charge in [-0.05, 0) is 29.7 Å². The van der Waals surface area contributed by atoms with E-state index in [1.807, 2.05) is 18.2 Å². The van der Waals surface area contributed by atoms with Gasteiger partial charge in [0, 0.05) is 0 Å². The summed E-state index contributed by atoms with van der Waals surface area (Å²) in [5.41, 5.74) is 2.56. The topological polar surface area (TPSA) is 33.0 Å². The van der Waals surface area contributed by atoms with Crippen LogP contribution in [-0.2, 0) is 6.42 Å². The highest BCUT2D eigenvalue weighted by atomic mass is 16.5. The van der Waals surface area contributed by atoms with Crippen LogP contribution in [0.5, 0.6) is 5.75 Å². The predicted molar refractivity (Wildman–Crippen MR) is 71.4 cm³/mol. The summed E-state index contributed by atoms with van der Waals surface area (Å²) >= 11 is 0. The molecule has 0 fully saturated rings. The van der Waals surface area contributed by atoms with Gasteiger partial charge < -0.3 is 4.74 Å². The number of ether oxygens (including phenoxy) is 1. The van der Waals surface area contributed by atoms with Crippen LogP contribution in [0.4, 0.5) is 0 Å². The molecule has 2 rings (SSSR count). The van der Waals surface area contributed by atoms with Gasteiger partial charge in [-0.3, -0.25) is 0 Å². The predicted octanol–water partition coefficient (Wildman–Crippen LogP) is 3.57. The smallest absolute Gasteiger partial charge is 0.119 e. The molecule has 2 aromatic carbocycles. The van der Waals surface area contributed by atoms with Crippen LogP contribution in [0.1, 0.15) is 17.5 Å². The van der Waals surface area contributed by atoms with Crippen LogP contribution < -0.4 is 4.74 Å². The standard InChI is InChI=1S/C16H15NO/c17-11-4-12-18-16-9-7-15(8-10-16)13-14-5-2-1-3-6-14/h1-3,5-10H,4,12-13H2. The van der Waals surface area contributed by atoms with E-state index in [1.54, 1.807) is 0 Å². The van der Waals surface area contributed by atoms with Crippen LogP contribution in [0.2, 0.25) is 0 Å². The zero-order valence-electron chi connectivity index (χ0n) is 10.2. The average Bonchev–Trinajstić information content (AvgIpc) is 2.42. The third-order valence-corrected chi connectivity index (χ3v) is 2.66. The molecule has 0 saturated heterocycles. The van der Waals surface area contributed by atoms with Crippen LogP contribution in [0.15, 0.2) is 54.6 Å². The SMILES string of the molecule is N#CCCOc1ccc(Cc2ccccc2)cc1. The Morgan fingerprint density at radius 1 is 0.889 bits per heavy atom. The van der Waals surface area contributed by atoms with Crippen LogP contribution in [0, 0.1) is 11.3 Å². The van der Waals surface area contributed by atoms with E-state index in [4.69, 9.17) is 10.00 Å². The lowest BCUT2D eigenvalue weighted by Crippen LogP contribution is -1.96. The Labute approximate surface area is 107 Å². The molecule has 18 heavy (non-hydrogen) atoms. The second-order valence-corrected chi connectivity index (χ2v) is 4.06. The lowest BCUT2D eigenvalue weighted by molar-refractivity contribution is 0.326. The highest BCUT2D eigenvalue weighted by Gasteiger charge is 1.97. The van der Waals surface area contributed by atoms with Crippen molar-refractivity contribution in [3.63, 3.8) is 0 Å². The van der Waals surface area contributed by atoms with Crippen molar-refractivity contribution in [1.29, 1.82) is 5.26 Å². The zero-order chi connectivity index (χ0) is 12.6. The maximum Gasteiger partial charge on any atom is 0.119 e. The van der Waals surface area contributed by atoms with Crippen LogP contribution in [0.3, 0.4) is 0 Å². The molecule has 0 heterocycles. The first-order valence-corrected chi connectivity index (χ1v) is 6.01. The van der Waals surface area contributed by atoms with Gasteiger partial charge in [0.05, 0.1) is 12.5 Å². The first-order chi connectivity index (χ1) is 8.88. The fourth-order valence-corrected chi connectivity index (χ4v) is 1.75. The molecule has 0 aromatic heterocycles. The van der Waals surface area contributed by atoms with Crippen LogP contribution in [-0.4, -0.2) is 6.61 Å². The highest BCUT2D eigenvalue weighted by molar-refractivity contribution is 5.31. The van der Waals surface area contributed by atoms with E-state index in [9.17, 15) is 0 Å². The summed E-state index contributed by atoms with van der Waals surface area (Å²) in [7, 11) is 0. The first-order valence-electron chi connectivity index (χ1n) is 6.01. The number of hydrogen-bond donors (Lipinski definition) is 0. The van der Waals surface area contributed by atoms with E-state index >= 15 is 0 Å². The first kappa shape index (κ1) is 12.2. The quantitative estimate of drug-likeness (QED) is 0.745. The Morgan fingerprint density at radius 3 is 2.22 bits per heavy atom. The molecular formula is C16H15NO. The normalized spacial score (nSPS) is 9.72. The number of nitriles is 1. The van der Waals surface area contributed by atoms with Crippen molar-refractivity contribution in [2.45, 2.75) is 12.8 Å². The van der Waals surface area contributed by atoms with E-state index in [1.165, 1.54) is 11.1 Å². The fourth-order valence-electron chi connectivity index (χ4n) is 1.75. The van der Waals surface area contributed by atoms with Crippen molar-refractivity contribution in [2.24, 2.45) is 0 Å². The van der Waals surface area contributed by atoms with Crippen molar-refractivity contribution in [2.75, 3.05) is 6.61 Å². The summed E-state index contributed by atoms with van der Waals surface area (Å²) in [6.45, 7) is 0.453. The summed E-state index contributed by atoms with van der Waals surface area (Å²) in [6.07, 6.45) is 1.35. The van der Waals surface area contributed by atoms with Crippen LogP contribution in [0.25, 0.3) is 0 Å². The summed E-state index contributed by atoms with van der Waals surface area (Å²) in [5.74, 6) is 0.821. The summed E-state index contributed by atoms with van der Waals surface area (Å²) in [6, 6.07) is 20.5. The number of hydrogen-bond acceptors (Lipinski definition) is 2. The van der Waals surface area contributed by atoms with E-state index < -0.39 is 0 Å². The maximum atomic E-state index is 8.42. The van der Waals surface area contributed by atoms with Gasteiger partial charge in [0.2, 0.25) is 0 Å². The van der Waals surface area contributed by atoms with E-state index in [0.29, 0.717) is 13.0 Å². The molecule has 0 aliphatic carbocycles. The second-order valence-electron chi connectivity index (χ2n) is 4.06. The van der Waals surface area contributed by atoms with Gasteiger partial charge in [-0.25, -0.2) is 0 Å². The lowest BCUT2D eigenvalue weighted by atomic mass is 10.1. The fraction of sp³-hybridized carbons (Fsp3) is 0.188. The molecule has 0 radical (unpaired) electrons. The number of benzene rings is 2. The molecule has 2 nitrogen and oxygen atoms in total. The van der Waals surface area contributed by atoms with Gasteiger partial charge in [0.1, 0.15) is 12.4 Å². The monoisotopic (exact) mass is 237 g/mol. The lowest BCUT2D eigenvalue weighted by Gasteiger charge is -2.05. The maximum absolute atomic E-state index is 8.42. The molecule has 0 saturated carbocycles. The molecule has 0 aliphatic heterocycles. The second kappa shape index (κ2) is 6.46. The number of rotatable bonds is 5. The van der Waals surface area contributed by atoms with Gasteiger partial charge in [-0.15, -0.1) is 0 Å². The minimum absolute atomic E-state index is 0.422. The summed E-state index contributed by atoms with van der Waals surface area (Å²) in [4.78, 5) is 0. The van der Waals surface area contributed by atoms with Crippen molar-refractivity contribution < 1.29 is 4.74 Å². The Hall–Kier alpha value is -2.27. The molecule has 90 valence electrons. The van der Waals surface area contributed by atoms with Crippen LogP contribution >= 0.6 is 0 Å². The molecule has 0 unspecified atom stereocenters. The molecule has 0 bridgehead atoms. The average molecular weight is 237 g/mol. The highest BCUT2D eigenvalue weighted by Crippen LogP contribution is 2.15. The van der Waals surface area contributed by atoms with Crippen molar-refractivity contribution in [1.82, 2.24) is 0 Å². The summed E-state index contributed by atoms with van der Waals surface area (Å²) < 4.78 is 5.43. The molecule has 0 amide bonds. The third kappa shape index (κ3) is 3.64. The van der Waals surface area contributed by atoms with Gasteiger partial charge in [0.15, 0.2) is 0 Å². The molecule has 0 aliphatic rings. The van der Waals surface area contributed by atoms with E-state index in [2.05, 4.69) is 42.5 Å². The van der Waals surface area contributed by atoms with Crippen molar-refractivity contribution in [3.8, 4) is 11.8 Å². The summed E-state index contributed by atoms with van der Waals surface area (Å²) in [5, 5.41) is 8.42. The molecule has 2 heteroatoms. The molecule has 2 aromatic rings. The third-order valence-electron chi connectivity index (χ3n) is 2.66. The minimum atomic E-state index is 0.422. The Morgan fingerprint density at radius 2 is 1.56 bits per heavy atom. The van der Waals surface area contributed by atoms with Gasteiger partial charge in [-0.2, -0.15) is 5.26 Å². The zero-order valence-corrected chi connectivity index (χ0v) is 10.2. The van der Waals surface area contributed by atoms with Gasteiger partial charge >= 0.3 is 0 Å². The minimum Gasteiger partial charge on any atom is -0.493 e. The van der Waals surface area contributed by atoms with Crippen molar-refractivity contribution in [3.05, 3.63) is 65.7 Å². The molecule has 0 atom stereocenters. The Balaban J connectivity index is 1.94. The van der Waals surface area contributed by atoms with E-state index in [-0.39, 0.29) is 0 Å². The molecule has 0 spiro atoms. The Bertz CT molecular complexity index is 511.